The van der Waals surface area contributed by atoms with E-state index in [9.17, 15) is 4.39 Å². The third-order valence-corrected chi connectivity index (χ3v) is 2.80. The molecule has 0 aliphatic heterocycles. The lowest BCUT2D eigenvalue weighted by molar-refractivity contribution is 0.627. The summed E-state index contributed by atoms with van der Waals surface area (Å²) in [4.78, 5) is 0. The van der Waals surface area contributed by atoms with Crippen molar-refractivity contribution in [3.63, 3.8) is 0 Å². The van der Waals surface area contributed by atoms with Crippen molar-refractivity contribution in [2.75, 3.05) is 0 Å². The fourth-order valence-corrected chi connectivity index (χ4v) is 1.85. The SMILES string of the molecule is C/C=C(\Cc1ccc(F)cc1)c1ccccc1. The summed E-state index contributed by atoms with van der Waals surface area (Å²) in [6.45, 7) is 2.03. The minimum absolute atomic E-state index is 0.185. The summed E-state index contributed by atoms with van der Waals surface area (Å²) in [5.41, 5.74) is 3.61. The Hall–Kier alpha value is -1.89. The molecule has 0 amide bonds. The van der Waals surface area contributed by atoms with E-state index in [1.54, 1.807) is 0 Å². The van der Waals surface area contributed by atoms with Crippen molar-refractivity contribution in [3.05, 3.63) is 77.6 Å². The Kier molecular flexibility index (Phi) is 3.71. The molecule has 0 atom stereocenters. The summed E-state index contributed by atoms with van der Waals surface area (Å²) >= 11 is 0. The minimum atomic E-state index is -0.185. The zero-order valence-electron chi connectivity index (χ0n) is 9.86. The van der Waals surface area contributed by atoms with Gasteiger partial charge in [-0.25, -0.2) is 4.39 Å². The molecule has 0 heterocycles. The number of rotatable bonds is 3. The Morgan fingerprint density at radius 3 is 2.24 bits per heavy atom. The van der Waals surface area contributed by atoms with Gasteiger partial charge < -0.3 is 0 Å². The van der Waals surface area contributed by atoms with Crippen LogP contribution in [0, 0.1) is 5.82 Å². The first-order valence-electron chi connectivity index (χ1n) is 5.74. The first-order valence-corrected chi connectivity index (χ1v) is 5.74. The van der Waals surface area contributed by atoms with Gasteiger partial charge >= 0.3 is 0 Å². The van der Waals surface area contributed by atoms with Crippen molar-refractivity contribution >= 4 is 5.57 Å². The first kappa shape index (κ1) is 11.6. The van der Waals surface area contributed by atoms with Crippen LogP contribution < -0.4 is 0 Å². The van der Waals surface area contributed by atoms with Crippen LogP contribution in [0.15, 0.2) is 60.7 Å². The van der Waals surface area contributed by atoms with Crippen LogP contribution in [0.1, 0.15) is 18.1 Å². The molecule has 0 radical (unpaired) electrons. The molecule has 0 unspecified atom stereocenters. The van der Waals surface area contributed by atoms with Crippen LogP contribution >= 0.6 is 0 Å². The highest BCUT2D eigenvalue weighted by Gasteiger charge is 2.01. The number of allylic oxidation sites excluding steroid dienone is 2. The summed E-state index contributed by atoms with van der Waals surface area (Å²) in [6, 6.07) is 16.9. The monoisotopic (exact) mass is 226 g/mol. The Morgan fingerprint density at radius 1 is 1.00 bits per heavy atom. The van der Waals surface area contributed by atoms with Gasteiger partial charge in [0.2, 0.25) is 0 Å². The van der Waals surface area contributed by atoms with E-state index in [2.05, 4.69) is 18.2 Å². The third-order valence-electron chi connectivity index (χ3n) is 2.80. The van der Waals surface area contributed by atoms with Crippen LogP contribution in [0.2, 0.25) is 0 Å². The van der Waals surface area contributed by atoms with E-state index in [-0.39, 0.29) is 5.82 Å². The van der Waals surface area contributed by atoms with E-state index in [1.165, 1.54) is 23.3 Å². The molecule has 0 aliphatic carbocycles. The van der Waals surface area contributed by atoms with Gasteiger partial charge in [-0.05, 0) is 42.2 Å². The molecule has 0 nitrogen and oxygen atoms in total. The molecule has 0 N–H and O–H groups in total. The predicted molar refractivity (Wildman–Crippen MR) is 70.2 cm³/mol. The van der Waals surface area contributed by atoms with Gasteiger partial charge in [0.25, 0.3) is 0 Å². The summed E-state index contributed by atoms with van der Waals surface area (Å²) < 4.78 is 12.8. The van der Waals surface area contributed by atoms with Gasteiger partial charge in [0.05, 0.1) is 0 Å². The van der Waals surface area contributed by atoms with Crippen molar-refractivity contribution in [2.45, 2.75) is 13.3 Å². The second-order valence-corrected chi connectivity index (χ2v) is 3.98. The molecular weight excluding hydrogens is 211 g/mol. The summed E-state index contributed by atoms with van der Waals surface area (Å²) in [5.74, 6) is -0.185. The van der Waals surface area contributed by atoms with Crippen molar-refractivity contribution < 1.29 is 4.39 Å². The van der Waals surface area contributed by atoms with Crippen LogP contribution in [-0.4, -0.2) is 0 Å². The second kappa shape index (κ2) is 5.44. The molecule has 0 bridgehead atoms. The molecule has 17 heavy (non-hydrogen) atoms. The lowest BCUT2D eigenvalue weighted by Crippen LogP contribution is -1.90. The smallest absolute Gasteiger partial charge is 0.123 e. The molecule has 2 aromatic rings. The van der Waals surface area contributed by atoms with Gasteiger partial charge in [0.15, 0.2) is 0 Å². The normalized spacial score (nSPS) is 11.5. The number of benzene rings is 2. The van der Waals surface area contributed by atoms with Crippen molar-refractivity contribution in [1.29, 1.82) is 0 Å². The molecule has 1 heteroatoms. The Morgan fingerprint density at radius 2 is 1.65 bits per heavy atom. The summed E-state index contributed by atoms with van der Waals surface area (Å²) in [7, 11) is 0. The van der Waals surface area contributed by atoms with E-state index in [4.69, 9.17) is 0 Å². The summed E-state index contributed by atoms with van der Waals surface area (Å²) in [6.07, 6.45) is 2.94. The van der Waals surface area contributed by atoms with E-state index in [1.807, 2.05) is 37.3 Å². The van der Waals surface area contributed by atoms with Crippen molar-refractivity contribution in [2.24, 2.45) is 0 Å². The van der Waals surface area contributed by atoms with E-state index < -0.39 is 0 Å². The van der Waals surface area contributed by atoms with Gasteiger partial charge in [0, 0.05) is 0 Å². The molecule has 0 aliphatic rings. The quantitative estimate of drug-likeness (QED) is 0.724. The van der Waals surface area contributed by atoms with Gasteiger partial charge in [0.1, 0.15) is 5.82 Å². The van der Waals surface area contributed by atoms with Gasteiger partial charge in [-0.3, -0.25) is 0 Å². The molecular formula is C16H15F. The third kappa shape index (κ3) is 3.04. The Bertz CT molecular complexity index is 495. The largest absolute Gasteiger partial charge is 0.207 e. The van der Waals surface area contributed by atoms with Crippen LogP contribution in [0.25, 0.3) is 5.57 Å². The number of hydrogen-bond donors (Lipinski definition) is 0. The van der Waals surface area contributed by atoms with E-state index >= 15 is 0 Å². The van der Waals surface area contributed by atoms with Crippen LogP contribution in [0.4, 0.5) is 4.39 Å². The molecule has 86 valence electrons. The maximum atomic E-state index is 12.8. The highest BCUT2D eigenvalue weighted by atomic mass is 19.1. The zero-order valence-corrected chi connectivity index (χ0v) is 9.86. The average molecular weight is 226 g/mol. The Balaban J connectivity index is 2.19. The molecule has 0 fully saturated rings. The van der Waals surface area contributed by atoms with Crippen molar-refractivity contribution in [1.82, 2.24) is 0 Å². The lowest BCUT2D eigenvalue weighted by atomic mass is 9.98. The lowest BCUT2D eigenvalue weighted by Gasteiger charge is -2.07. The maximum absolute atomic E-state index is 12.8. The average Bonchev–Trinajstić information content (AvgIpc) is 2.39. The van der Waals surface area contributed by atoms with Crippen LogP contribution in [0.5, 0.6) is 0 Å². The zero-order chi connectivity index (χ0) is 12.1. The minimum Gasteiger partial charge on any atom is -0.207 e. The molecule has 0 saturated carbocycles. The molecule has 2 aromatic carbocycles. The molecule has 2 rings (SSSR count). The highest BCUT2D eigenvalue weighted by Crippen LogP contribution is 2.19. The fourth-order valence-electron chi connectivity index (χ4n) is 1.85. The number of hydrogen-bond acceptors (Lipinski definition) is 0. The standard InChI is InChI=1S/C16H15F/c1-2-14(15-6-4-3-5-7-15)12-13-8-10-16(17)11-9-13/h2-11H,12H2,1H3/b14-2+. The maximum Gasteiger partial charge on any atom is 0.123 e. The molecule has 0 aromatic heterocycles. The molecule has 0 spiro atoms. The van der Waals surface area contributed by atoms with Gasteiger partial charge in [-0.15, -0.1) is 0 Å². The second-order valence-electron chi connectivity index (χ2n) is 3.98. The van der Waals surface area contributed by atoms with Crippen LogP contribution in [-0.2, 0) is 6.42 Å². The molecule has 0 saturated heterocycles. The predicted octanol–water partition coefficient (Wildman–Crippen LogP) is 4.47. The van der Waals surface area contributed by atoms with Gasteiger partial charge in [-0.2, -0.15) is 0 Å². The van der Waals surface area contributed by atoms with Gasteiger partial charge in [-0.1, -0.05) is 48.5 Å². The Labute approximate surface area is 101 Å². The number of halogens is 1. The summed E-state index contributed by atoms with van der Waals surface area (Å²) in [5, 5.41) is 0. The van der Waals surface area contributed by atoms with Crippen LogP contribution in [0.3, 0.4) is 0 Å². The highest BCUT2D eigenvalue weighted by molar-refractivity contribution is 5.67. The van der Waals surface area contributed by atoms with Crippen molar-refractivity contribution in [3.8, 4) is 0 Å². The topological polar surface area (TPSA) is 0 Å². The van der Waals surface area contributed by atoms with E-state index in [0.29, 0.717) is 0 Å². The fraction of sp³-hybridized carbons (Fsp3) is 0.125. The van der Waals surface area contributed by atoms with E-state index in [0.717, 1.165) is 12.0 Å². The first-order chi connectivity index (χ1) is 8.29.